The lowest BCUT2D eigenvalue weighted by molar-refractivity contribution is 0.0702. The number of carbonyl (C=O) groups excluding carboxylic acids is 1. The highest BCUT2D eigenvalue weighted by atomic mass is 32.1. The molecule has 6 nitrogen and oxygen atoms in total. The van der Waals surface area contributed by atoms with E-state index < -0.39 is 11.9 Å². The zero-order valence-corrected chi connectivity index (χ0v) is 11.4. The number of hydrogen-bond acceptors (Lipinski definition) is 5. The Labute approximate surface area is 123 Å². The molecule has 3 rings (SSSR count). The van der Waals surface area contributed by atoms with E-state index in [1.807, 2.05) is 18.2 Å². The molecule has 0 unspecified atom stereocenters. The Kier molecular flexibility index (Phi) is 3.33. The van der Waals surface area contributed by atoms with Crippen LogP contribution in [-0.4, -0.2) is 27.0 Å². The van der Waals surface area contributed by atoms with Gasteiger partial charge in [-0.3, -0.25) is 9.78 Å². The van der Waals surface area contributed by atoms with Gasteiger partial charge in [0, 0.05) is 0 Å². The summed E-state index contributed by atoms with van der Waals surface area (Å²) in [4.78, 5) is 31.4. The normalized spacial score (nSPS) is 10.5. The molecular formula is C14H9N3O3S. The predicted molar refractivity (Wildman–Crippen MR) is 78.8 cm³/mol. The van der Waals surface area contributed by atoms with Crippen LogP contribution in [0.15, 0.2) is 42.6 Å². The second-order valence-corrected chi connectivity index (χ2v) is 5.25. The van der Waals surface area contributed by atoms with Crippen LogP contribution in [0.2, 0.25) is 0 Å². The van der Waals surface area contributed by atoms with Crippen molar-refractivity contribution in [2.45, 2.75) is 0 Å². The number of fused-ring (bicyclic) bond motifs is 1. The van der Waals surface area contributed by atoms with Crippen molar-refractivity contribution < 1.29 is 14.7 Å². The van der Waals surface area contributed by atoms with E-state index in [1.165, 1.54) is 12.3 Å². The molecule has 0 saturated carbocycles. The SMILES string of the molecule is O=C(Nc1ccc(C(=O)O)s1)c1cnc2ccccc2n1. The number of anilines is 1. The molecule has 7 heteroatoms. The summed E-state index contributed by atoms with van der Waals surface area (Å²) in [5.41, 5.74) is 1.51. The third kappa shape index (κ3) is 2.72. The van der Waals surface area contributed by atoms with Gasteiger partial charge in [-0.05, 0) is 24.3 Å². The van der Waals surface area contributed by atoms with E-state index in [1.54, 1.807) is 12.1 Å². The number of carboxylic acid groups (broad SMARTS) is 1. The van der Waals surface area contributed by atoms with Gasteiger partial charge < -0.3 is 10.4 Å². The van der Waals surface area contributed by atoms with Crippen LogP contribution >= 0.6 is 11.3 Å². The van der Waals surface area contributed by atoms with Gasteiger partial charge in [0.2, 0.25) is 0 Å². The van der Waals surface area contributed by atoms with Crippen molar-refractivity contribution in [2.24, 2.45) is 0 Å². The summed E-state index contributed by atoms with van der Waals surface area (Å²) in [7, 11) is 0. The van der Waals surface area contributed by atoms with E-state index in [4.69, 9.17) is 5.11 Å². The molecule has 0 radical (unpaired) electrons. The van der Waals surface area contributed by atoms with Gasteiger partial charge in [0.05, 0.1) is 22.2 Å². The molecule has 0 aliphatic heterocycles. The Morgan fingerprint density at radius 1 is 1.10 bits per heavy atom. The molecule has 21 heavy (non-hydrogen) atoms. The van der Waals surface area contributed by atoms with Gasteiger partial charge in [-0.15, -0.1) is 11.3 Å². The lowest BCUT2D eigenvalue weighted by Crippen LogP contribution is -2.13. The zero-order chi connectivity index (χ0) is 14.8. The quantitative estimate of drug-likeness (QED) is 0.775. The van der Waals surface area contributed by atoms with Crippen LogP contribution < -0.4 is 5.32 Å². The summed E-state index contributed by atoms with van der Waals surface area (Å²) < 4.78 is 0. The number of aromatic carboxylic acids is 1. The van der Waals surface area contributed by atoms with Crippen molar-refractivity contribution in [1.82, 2.24) is 9.97 Å². The standard InChI is InChI=1S/C14H9N3O3S/c18-13(17-12-6-5-11(21-12)14(19)20)10-7-15-8-3-1-2-4-9(8)16-10/h1-7H,(H,17,18)(H,19,20). The van der Waals surface area contributed by atoms with Crippen molar-refractivity contribution in [1.29, 1.82) is 0 Å². The number of carbonyl (C=O) groups is 2. The highest BCUT2D eigenvalue weighted by Crippen LogP contribution is 2.22. The second-order valence-electron chi connectivity index (χ2n) is 4.17. The summed E-state index contributed by atoms with van der Waals surface area (Å²) >= 11 is 0.988. The highest BCUT2D eigenvalue weighted by molar-refractivity contribution is 7.18. The van der Waals surface area contributed by atoms with E-state index >= 15 is 0 Å². The first-order valence-corrected chi connectivity index (χ1v) is 6.81. The Hall–Kier alpha value is -2.80. The van der Waals surface area contributed by atoms with Crippen LogP contribution in [0.25, 0.3) is 11.0 Å². The molecule has 1 amide bonds. The number of carboxylic acids is 1. The molecule has 0 aliphatic carbocycles. The summed E-state index contributed by atoms with van der Waals surface area (Å²) in [5.74, 6) is -1.45. The van der Waals surface area contributed by atoms with Crippen LogP contribution in [-0.2, 0) is 0 Å². The van der Waals surface area contributed by atoms with E-state index in [0.717, 1.165) is 11.3 Å². The van der Waals surface area contributed by atoms with E-state index in [0.29, 0.717) is 16.0 Å². The molecule has 0 aliphatic rings. The van der Waals surface area contributed by atoms with E-state index in [-0.39, 0.29) is 10.6 Å². The number of rotatable bonds is 3. The minimum absolute atomic E-state index is 0.162. The molecular weight excluding hydrogens is 290 g/mol. The molecule has 104 valence electrons. The number of nitrogens with zero attached hydrogens (tertiary/aromatic N) is 2. The number of nitrogens with one attached hydrogen (secondary N) is 1. The first kappa shape index (κ1) is 13.2. The minimum atomic E-state index is -1.02. The fourth-order valence-corrected chi connectivity index (χ4v) is 2.50. The first-order valence-electron chi connectivity index (χ1n) is 6.00. The number of benzene rings is 1. The lowest BCUT2D eigenvalue weighted by Gasteiger charge is -2.02. The summed E-state index contributed by atoms with van der Waals surface area (Å²) in [6.07, 6.45) is 1.39. The Morgan fingerprint density at radius 2 is 1.86 bits per heavy atom. The molecule has 1 aromatic carbocycles. The Bertz CT molecular complexity index is 844. The molecule has 2 N–H and O–H groups in total. The van der Waals surface area contributed by atoms with Crippen LogP contribution in [0, 0.1) is 0 Å². The number of thiophene rings is 1. The third-order valence-corrected chi connectivity index (χ3v) is 3.72. The van der Waals surface area contributed by atoms with Gasteiger partial charge in [-0.2, -0.15) is 0 Å². The highest BCUT2D eigenvalue weighted by Gasteiger charge is 2.12. The molecule has 0 spiro atoms. The number of hydrogen-bond donors (Lipinski definition) is 2. The number of aromatic nitrogens is 2. The van der Waals surface area contributed by atoms with Gasteiger partial charge in [0.25, 0.3) is 5.91 Å². The number of para-hydroxylation sites is 2. The number of amides is 1. The molecule has 0 fully saturated rings. The Balaban J connectivity index is 1.84. The van der Waals surface area contributed by atoms with Crippen LogP contribution in [0.1, 0.15) is 20.2 Å². The van der Waals surface area contributed by atoms with Crippen molar-refractivity contribution in [3.05, 3.63) is 53.2 Å². The monoisotopic (exact) mass is 299 g/mol. The third-order valence-electron chi connectivity index (χ3n) is 2.73. The van der Waals surface area contributed by atoms with Crippen molar-refractivity contribution in [3.63, 3.8) is 0 Å². The van der Waals surface area contributed by atoms with Gasteiger partial charge >= 0.3 is 5.97 Å². The van der Waals surface area contributed by atoms with Crippen molar-refractivity contribution >= 4 is 39.2 Å². The van der Waals surface area contributed by atoms with Crippen molar-refractivity contribution in [3.8, 4) is 0 Å². The zero-order valence-electron chi connectivity index (χ0n) is 10.6. The second kappa shape index (κ2) is 5.29. The first-order chi connectivity index (χ1) is 10.1. The maximum Gasteiger partial charge on any atom is 0.345 e. The average molecular weight is 299 g/mol. The largest absolute Gasteiger partial charge is 0.477 e. The van der Waals surface area contributed by atoms with Crippen LogP contribution in [0.4, 0.5) is 5.00 Å². The molecule has 0 saturated heterocycles. The van der Waals surface area contributed by atoms with E-state index in [9.17, 15) is 9.59 Å². The average Bonchev–Trinajstić information content (AvgIpc) is 2.95. The maximum absolute atomic E-state index is 12.1. The van der Waals surface area contributed by atoms with Gasteiger partial charge in [-0.25, -0.2) is 9.78 Å². The summed E-state index contributed by atoms with van der Waals surface area (Å²) in [6.45, 7) is 0. The van der Waals surface area contributed by atoms with Gasteiger partial charge in [-0.1, -0.05) is 12.1 Å². The summed E-state index contributed by atoms with van der Waals surface area (Å²) in [5, 5.41) is 11.9. The molecule has 2 heterocycles. The molecule has 0 atom stereocenters. The van der Waals surface area contributed by atoms with Crippen molar-refractivity contribution in [2.75, 3.05) is 5.32 Å². The minimum Gasteiger partial charge on any atom is -0.477 e. The van der Waals surface area contributed by atoms with Gasteiger partial charge in [0.1, 0.15) is 10.6 Å². The summed E-state index contributed by atoms with van der Waals surface area (Å²) in [6, 6.07) is 10.2. The Morgan fingerprint density at radius 3 is 2.57 bits per heavy atom. The van der Waals surface area contributed by atoms with Crippen LogP contribution in [0.5, 0.6) is 0 Å². The molecule has 2 aromatic heterocycles. The fourth-order valence-electron chi connectivity index (χ4n) is 1.76. The van der Waals surface area contributed by atoms with Gasteiger partial charge in [0.15, 0.2) is 0 Å². The van der Waals surface area contributed by atoms with Crippen LogP contribution in [0.3, 0.4) is 0 Å². The fraction of sp³-hybridized carbons (Fsp3) is 0. The topological polar surface area (TPSA) is 92.2 Å². The molecule has 3 aromatic rings. The predicted octanol–water partition coefficient (Wildman–Crippen LogP) is 2.64. The maximum atomic E-state index is 12.1. The smallest absolute Gasteiger partial charge is 0.345 e. The van der Waals surface area contributed by atoms with E-state index in [2.05, 4.69) is 15.3 Å². The lowest BCUT2D eigenvalue weighted by atomic mass is 10.3. The molecule has 0 bridgehead atoms.